The van der Waals surface area contributed by atoms with Crippen molar-refractivity contribution in [1.82, 2.24) is 0 Å². The third-order valence-corrected chi connectivity index (χ3v) is 16.9. The van der Waals surface area contributed by atoms with Crippen LogP contribution in [0.2, 0.25) is 0 Å². The van der Waals surface area contributed by atoms with Gasteiger partial charge in [0.1, 0.15) is 0 Å². The molecule has 3 aliphatic carbocycles. The molecule has 38 heavy (non-hydrogen) atoms. The van der Waals surface area contributed by atoms with Crippen LogP contribution in [0.5, 0.6) is 0 Å². The summed E-state index contributed by atoms with van der Waals surface area (Å²) in [6, 6.07) is 36.5. The molecule has 0 nitrogen and oxygen atoms in total. The Hall–Kier alpha value is -2.31. The molecule has 4 aromatic carbocycles. The molecule has 0 N–H and O–H groups in total. The van der Waals surface area contributed by atoms with E-state index in [4.69, 9.17) is 0 Å². The van der Waals surface area contributed by atoms with Gasteiger partial charge in [0.15, 0.2) is 0 Å². The maximum Gasteiger partial charge on any atom is -1.00 e. The molecule has 1 fully saturated rings. The summed E-state index contributed by atoms with van der Waals surface area (Å²) in [5, 5.41) is 0. The van der Waals surface area contributed by atoms with Crippen LogP contribution in [0.15, 0.2) is 119 Å². The molecule has 0 aromatic heterocycles. The SMILES string of the molecule is C1=CC[C]([Zr+2](=[C]2CCCC2)[CH]2c3cc(-c4ccccc4)ccc3-c3ccc(-c4ccccc4)cc32)=C1.[Cl-].[Cl-]. The quantitative estimate of drug-likeness (QED) is 0.332. The van der Waals surface area contributed by atoms with Crippen molar-refractivity contribution in [1.29, 1.82) is 0 Å². The van der Waals surface area contributed by atoms with Crippen LogP contribution >= 0.6 is 0 Å². The summed E-state index contributed by atoms with van der Waals surface area (Å²) < 4.78 is 4.34. The van der Waals surface area contributed by atoms with Crippen LogP contribution in [-0.4, -0.2) is 3.21 Å². The molecule has 3 heteroatoms. The Balaban J connectivity index is 0.00000147. The Labute approximate surface area is 246 Å². The predicted molar refractivity (Wildman–Crippen MR) is 150 cm³/mol. The minimum atomic E-state index is -2.15. The van der Waals surface area contributed by atoms with Gasteiger partial charge in [-0.3, -0.25) is 0 Å². The number of rotatable bonds is 4. The van der Waals surface area contributed by atoms with Gasteiger partial charge < -0.3 is 24.8 Å². The summed E-state index contributed by atoms with van der Waals surface area (Å²) in [7, 11) is 0. The van der Waals surface area contributed by atoms with Gasteiger partial charge >= 0.3 is 223 Å². The van der Waals surface area contributed by atoms with Gasteiger partial charge in [-0.05, 0) is 0 Å². The van der Waals surface area contributed by atoms with E-state index in [9.17, 15) is 0 Å². The van der Waals surface area contributed by atoms with E-state index in [0.29, 0.717) is 3.63 Å². The molecule has 0 amide bonds. The van der Waals surface area contributed by atoms with Crippen LogP contribution in [0.4, 0.5) is 0 Å². The van der Waals surface area contributed by atoms with Gasteiger partial charge in [0.25, 0.3) is 0 Å². The second kappa shape index (κ2) is 11.8. The van der Waals surface area contributed by atoms with Gasteiger partial charge in [-0.2, -0.15) is 0 Å². The number of halogens is 2. The number of hydrogen-bond acceptors (Lipinski definition) is 0. The summed E-state index contributed by atoms with van der Waals surface area (Å²) in [6.07, 6.45) is 13.9. The van der Waals surface area contributed by atoms with E-state index in [0.717, 1.165) is 0 Å². The molecule has 0 bridgehead atoms. The first-order valence-corrected chi connectivity index (χ1v) is 17.2. The van der Waals surface area contributed by atoms with Crippen molar-refractivity contribution >= 4 is 3.21 Å². The summed E-state index contributed by atoms with van der Waals surface area (Å²) in [6.45, 7) is 0. The fourth-order valence-corrected chi connectivity index (χ4v) is 16.0. The number of benzene rings is 4. The fourth-order valence-electron chi connectivity index (χ4n) is 6.53. The van der Waals surface area contributed by atoms with Crippen molar-refractivity contribution in [2.45, 2.75) is 35.7 Å². The zero-order valence-electron chi connectivity index (χ0n) is 21.3. The molecule has 188 valence electrons. The van der Waals surface area contributed by atoms with Crippen LogP contribution < -0.4 is 24.8 Å². The first kappa shape index (κ1) is 27.3. The van der Waals surface area contributed by atoms with Gasteiger partial charge in [-0.15, -0.1) is 0 Å². The molecule has 0 heterocycles. The molecule has 0 atom stereocenters. The molecular formula is C35H30Cl2Zr. The van der Waals surface area contributed by atoms with Crippen LogP contribution in [-0.2, 0) is 21.3 Å². The second-order valence-electron chi connectivity index (χ2n) is 10.3. The first-order chi connectivity index (χ1) is 17.9. The molecule has 4 aromatic rings. The molecule has 0 unspecified atom stereocenters. The van der Waals surface area contributed by atoms with Crippen molar-refractivity contribution in [3.8, 4) is 33.4 Å². The van der Waals surface area contributed by atoms with E-state index in [1.54, 1.807) is 14.4 Å². The molecule has 1 saturated carbocycles. The Bertz CT molecular complexity index is 1450. The Morgan fingerprint density at radius 1 is 0.579 bits per heavy atom. The van der Waals surface area contributed by atoms with Crippen molar-refractivity contribution < 1.29 is 46.1 Å². The van der Waals surface area contributed by atoms with Crippen molar-refractivity contribution in [3.63, 3.8) is 0 Å². The maximum atomic E-state index is 2.55. The summed E-state index contributed by atoms with van der Waals surface area (Å²) >= 11 is -2.15. The minimum Gasteiger partial charge on any atom is -1.00 e. The number of allylic oxidation sites excluding steroid dienone is 4. The zero-order valence-corrected chi connectivity index (χ0v) is 25.3. The average Bonchev–Trinajstić information content (AvgIpc) is 3.72. The molecule has 7 rings (SSSR count). The Morgan fingerprint density at radius 2 is 1.11 bits per heavy atom. The third-order valence-electron chi connectivity index (χ3n) is 8.22. The van der Waals surface area contributed by atoms with Crippen molar-refractivity contribution in [2.75, 3.05) is 0 Å². The molecule has 0 aliphatic heterocycles. The summed E-state index contributed by atoms with van der Waals surface area (Å²) in [5.74, 6) is 0. The van der Waals surface area contributed by atoms with Crippen LogP contribution in [0.1, 0.15) is 46.9 Å². The topological polar surface area (TPSA) is 0 Å². The molecule has 0 saturated heterocycles. The fraction of sp³-hybridized carbons (Fsp3) is 0.171. The van der Waals surface area contributed by atoms with Gasteiger partial charge in [0.05, 0.1) is 0 Å². The molecule has 0 spiro atoms. The largest absolute Gasteiger partial charge is 1.00 e. The summed E-state index contributed by atoms with van der Waals surface area (Å²) in [5.41, 5.74) is 11.5. The van der Waals surface area contributed by atoms with Crippen LogP contribution in [0.25, 0.3) is 33.4 Å². The van der Waals surface area contributed by atoms with Gasteiger partial charge in [0, 0.05) is 0 Å². The summed E-state index contributed by atoms with van der Waals surface area (Å²) in [4.78, 5) is 0. The molecule has 0 radical (unpaired) electrons. The van der Waals surface area contributed by atoms with Crippen molar-refractivity contribution in [3.05, 3.63) is 130 Å². The minimum absolute atomic E-state index is 0. The standard InChI is InChI=1S/C25H17.C5H8.C5H5.2ClH.Zr/c1-3-7-18(8-4-1)20-11-13-24-22(15-20)17-23-16-21(12-14-25(23)24)19-9-5-2-6-10-19;2*1-2-4-5-3-1;;;/h1-17H;1-4H2;1-3H,4H2;2*1H;/q;;;;;+2/p-2. The normalized spacial score (nSPS) is 15.1. The second-order valence-corrected chi connectivity index (χ2v) is 17.1. The molecule has 3 aliphatic rings. The van der Waals surface area contributed by atoms with E-state index in [-0.39, 0.29) is 24.8 Å². The average molecular weight is 613 g/mol. The molecular weight excluding hydrogens is 583 g/mol. The van der Waals surface area contributed by atoms with Crippen LogP contribution in [0.3, 0.4) is 0 Å². The number of hydrogen-bond donors (Lipinski definition) is 0. The van der Waals surface area contributed by atoms with E-state index in [1.165, 1.54) is 65.5 Å². The third kappa shape index (κ3) is 4.90. The number of fused-ring (bicyclic) bond motifs is 3. The zero-order chi connectivity index (χ0) is 23.9. The maximum absolute atomic E-state index is 2.55. The van der Waals surface area contributed by atoms with E-state index < -0.39 is 21.3 Å². The van der Waals surface area contributed by atoms with E-state index in [2.05, 4.69) is 115 Å². The van der Waals surface area contributed by atoms with Crippen LogP contribution in [0, 0.1) is 0 Å². The van der Waals surface area contributed by atoms with Crippen molar-refractivity contribution in [2.24, 2.45) is 0 Å². The van der Waals surface area contributed by atoms with Gasteiger partial charge in [-0.1, -0.05) is 0 Å². The van der Waals surface area contributed by atoms with Gasteiger partial charge in [0.2, 0.25) is 0 Å². The smallest absolute Gasteiger partial charge is 1.00 e. The van der Waals surface area contributed by atoms with E-state index >= 15 is 0 Å². The Morgan fingerprint density at radius 3 is 1.58 bits per heavy atom. The Kier molecular flexibility index (Phi) is 8.49. The van der Waals surface area contributed by atoms with Gasteiger partial charge in [-0.25, -0.2) is 0 Å². The first-order valence-electron chi connectivity index (χ1n) is 13.3. The monoisotopic (exact) mass is 610 g/mol. The predicted octanol–water partition coefficient (Wildman–Crippen LogP) is 3.31. The van der Waals surface area contributed by atoms with E-state index in [1.807, 2.05) is 3.21 Å².